The predicted molar refractivity (Wildman–Crippen MR) is 95.4 cm³/mol. The Bertz CT molecular complexity index is 1020. The molecule has 2 aromatic rings. The average Bonchev–Trinajstić information content (AvgIpc) is 2.64. The molecule has 0 radical (unpaired) electrons. The van der Waals surface area contributed by atoms with E-state index in [4.69, 9.17) is 9.47 Å². The van der Waals surface area contributed by atoms with Crippen LogP contribution in [0, 0.1) is 0 Å². The number of rotatable bonds is 2. The van der Waals surface area contributed by atoms with Crippen LogP contribution in [0.1, 0.15) is 17.7 Å². The monoisotopic (exact) mass is 318 g/mol. The molecule has 0 N–H and O–H groups in total. The van der Waals surface area contributed by atoms with Gasteiger partial charge in [0.15, 0.2) is 0 Å². The fraction of sp³-hybridized carbons (Fsp3) is 0.190. The van der Waals surface area contributed by atoms with Gasteiger partial charge in [0.05, 0.1) is 17.9 Å². The van der Waals surface area contributed by atoms with Crippen LogP contribution in [0.15, 0.2) is 42.7 Å². The van der Waals surface area contributed by atoms with Crippen molar-refractivity contribution in [3.8, 4) is 17.0 Å². The van der Waals surface area contributed by atoms with Gasteiger partial charge in [-0.1, -0.05) is 25.3 Å². The number of benzene rings is 1. The first-order chi connectivity index (χ1) is 11.7. The first kappa shape index (κ1) is 14.8. The van der Waals surface area contributed by atoms with E-state index in [0.717, 1.165) is 57.5 Å². The number of hydrogen-bond donors (Lipinski definition) is 0. The number of nitrogens with zero attached hydrogens (tertiary/aromatic N) is 1. The zero-order chi connectivity index (χ0) is 16.8. The predicted octanol–water partition coefficient (Wildman–Crippen LogP) is 2.21. The molecule has 3 nitrogen and oxygen atoms in total. The van der Waals surface area contributed by atoms with Crippen LogP contribution in [0.3, 0.4) is 0 Å². The highest BCUT2D eigenvalue weighted by Crippen LogP contribution is 2.31. The second kappa shape index (κ2) is 5.38. The maximum absolute atomic E-state index is 6.08. The molecule has 0 atom stereocenters. The number of allylic oxidation sites excluding steroid dienone is 1. The summed E-state index contributed by atoms with van der Waals surface area (Å²) in [6, 6.07) is 8.09. The Kier molecular flexibility index (Phi) is 3.31. The highest BCUT2D eigenvalue weighted by Gasteiger charge is 2.30. The van der Waals surface area contributed by atoms with Gasteiger partial charge in [0.2, 0.25) is 11.4 Å². The summed E-state index contributed by atoms with van der Waals surface area (Å²) in [5, 5.41) is 2.06. The van der Waals surface area contributed by atoms with Gasteiger partial charge in [0.1, 0.15) is 24.3 Å². The molecule has 4 rings (SSSR count). The molecule has 3 heteroatoms. The van der Waals surface area contributed by atoms with Gasteiger partial charge in [-0.2, -0.15) is 4.57 Å². The van der Waals surface area contributed by atoms with E-state index in [1.165, 1.54) is 5.56 Å². The Hall–Kier alpha value is -2.81. The van der Waals surface area contributed by atoms with Crippen LogP contribution < -0.4 is 19.7 Å². The van der Waals surface area contributed by atoms with Crippen molar-refractivity contribution in [2.45, 2.75) is 12.8 Å². The molecule has 0 spiro atoms. The lowest BCUT2D eigenvalue weighted by Crippen LogP contribution is -2.50. The summed E-state index contributed by atoms with van der Waals surface area (Å²) >= 11 is 0. The van der Waals surface area contributed by atoms with E-state index >= 15 is 0 Å². The van der Waals surface area contributed by atoms with Crippen molar-refractivity contribution in [3.05, 3.63) is 64.4 Å². The van der Waals surface area contributed by atoms with Crippen LogP contribution in [0.5, 0.6) is 5.75 Å². The maximum atomic E-state index is 6.08. The maximum Gasteiger partial charge on any atom is 0.228 e. The van der Waals surface area contributed by atoms with Gasteiger partial charge >= 0.3 is 0 Å². The van der Waals surface area contributed by atoms with Gasteiger partial charge in [-0.05, 0) is 29.8 Å². The molecule has 24 heavy (non-hydrogen) atoms. The van der Waals surface area contributed by atoms with Crippen LogP contribution in [-0.4, -0.2) is 7.11 Å². The van der Waals surface area contributed by atoms with Crippen LogP contribution in [0.4, 0.5) is 0 Å². The number of para-hydroxylation sites is 1. The van der Waals surface area contributed by atoms with E-state index in [9.17, 15) is 0 Å². The Labute approximate surface area is 141 Å². The number of hydrogen-bond acceptors (Lipinski definition) is 2. The average molecular weight is 318 g/mol. The lowest BCUT2D eigenvalue weighted by molar-refractivity contribution is -0.663. The second-order valence-corrected chi connectivity index (χ2v) is 6.11. The van der Waals surface area contributed by atoms with E-state index in [2.05, 4.69) is 36.9 Å². The number of ether oxygens (including phenoxy) is 2. The molecular weight excluding hydrogens is 298 g/mol. The molecular formula is C21H20NO2+. The van der Waals surface area contributed by atoms with Crippen molar-refractivity contribution < 1.29 is 14.0 Å². The molecule has 2 heterocycles. The third-order valence-electron chi connectivity index (χ3n) is 4.88. The molecule has 0 bridgehead atoms. The van der Waals surface area contributed by atoms with Crippen molar-refractivity contribution in [2.75, 3.05) is 7.11 Å². The summed E-state index contributed by atoms with van der Waals surface area (Å²) in [5.74, 6) is 2.63. The summed E-state index contributed by atoms with van der Waals surface area (Å²) in [5.41, 5.74) is 4.59. The standard InChI is InChI=1S/C21H20NO2/c1-5-18-20-13(2)15-11-10-14(23-4)12-17(15)22(3)21(20)16-8-6-7-9-19(16)24-18/h5-9,12H,1-2,10-11H2,3-4H3/q+1. The zero-order valence-electron chi connectivity index (χ0n) is 14.1. The molecule has 1 aromatic heterocycles. The summed E-state index contributed by atoms with van der Waals surface area (Å²) in [6.45, 7) is 8.31. The van der Waals surface area contributed by atoms with E-state index in [-0.39, 0.29) is 0 Å². The lowest BCUT2D eigenvalue weighted by Gasteiger charge is -2.21. The molecule has 1 aromatic carbocycles. The molecule has 120 valence electrons. The highest BCUT2D eigenvalue weighted by atomic mass is 16.5. The molecule has 0 saturated carbocycles. The minimum Gasteiger partial charge on any atom is -0.501 e. The first-order valence-corrected chi connectivity index (χ1v) is 8.08. The summed E-state index contributed by atoms with van der Waals surface area (Å²) < 4.78 is 13.8. The zero-order valence-corrected chi connectivity index (χ0v) is 14.1. The Morgan fingerprint density at radius 2 is 2.04 bits per heavy atom. The van der Waals surface area contributed by atoms with Crippen molar-refractivity contribution >= 4 is 18.4 Å². The molecule has 2 aliphatic rings. The summed E-state index contributed by atoms with van der Waals surface area (Å²) in [7, 11) is 3.82. The van der Waals surface area contributed by atoms with Crippen LogP contribution in [-0.2, 0) is 18.2 Å². The van der Waals surface area contributed by atoms with Crippen LogP contribution in [0.25, 0.3) is 29.7 Å². The van der Waals surface area contributed by atoms with Gasteiger partial charge < -0.3 is 9.47 Å². The van der Waals surface area contributed by atoms with E-state index in [1.807, 2.05) is 18.2 Å². The molecule has 0 fully saturated rings. The smallest absolute Gasteiger partial charge is 0.228 e. The number of pyridine rings is 1. The number of aromatic nitrogens is 1. The van der Waals surface area contributed by atoms with Crippen LogP contribution >= 0.6 is 0 Å². The minimum absolute atomic E-state index is 0.772. The Morgan fingerprint density at radius 3 is 2.79 bits per heavy atom. The van der Waals surface area contributed by atoms with Crippen molar-refractivity contribution in [1.82, 2.24) is 0 Å². The third kappa shape index (κ3) is 1.94. The fourth-order valence-corrected chi connectivity index (χ4v) is 3.68. The van der Waals surface area contributed by atoms with Crippen LogP contribution in [0.2, 0.25) is 0 Å². The Morgan fingerprint density at radius 1 is 1.25 bits per heavy atom. The molecule has 1 aliphatic carbocycles. The summed E-state index contributed by atoms with van der Waals surface area (Å²) in [6.07, 6.45) is 5.71. The minimum atomic E-state index is 0.772. The fourth-order valence-electron chi connectivity index (χ4n) is 3.68. The number of methoxy groups -OCH3 is 1. The SMILES string of the molecule is C=CC1=c2c([n+](C)c3c(c2=C)CCC(OC)=C3)-c2ccccc2O1. The van der Waals surface area contributed by atoms with Crippen molar-refractivity contribution in [3.63, 3.8) is 0 Å². The topological polar surface area (TPSA) is 22.3 Å². The first-order valence-electron chi connectivity index (χ1n) is 8.08. The van der Waals surface area contributed by atoms with Gasteiger partial charge in [0.25, 0.3) is 0 Å². The van der Waals surface area contributed by atoms with Gasteiger partial charge in [-0.15, -0.1) is 0 Å². The lowest BCUT2D eigenvalue weighted by atomic mass is 9.93. The van der Waals surface area contributed by atoms with E-state index < -0.39 is 0 Å². The third-order valence-corrected chi connectivity index (χ3v) is 4.88. The van der Waals surface area contributed by atoms with E-state index in [0.29, 0.717) is 0 Å². The number of fused-ring (bicyclic) bond motifs is 4. The highest BCUT2D eigenvalue weighted by molar-refractivity contribution is 5.75. The largest absolute Gasteiger partial charge is 0.501 e. The van der Waals surface area contributed by atoms with Crippen molar-refractivity contribution in [1.29, 1.82) is 0 Å². The second-order valence-electron chi connectivity index (χ2n) is 6.11. The molecule has 1 aliphatic heterocycles. The quantitative estimate of drug-likeness (QED) is 0.792. The Balaban J connectivity index is 2.19. The van der Waals surface area contributed by atoms with Gasteiger partial charge in [-0.3, -0.25) is 0 Å². The molecule has 0 saturated heterocycles. The van der Waals surface area contributed by atoms with Gasteiger partial charge in [-0.25, -0.2) is 0 Å². The normalized spacial score (nSPS) is 14.8. The van der Waals surface area contributed by atoms with Crippen molar-refractivity contribution in [2.24, 2.45) is 7.05 Å². The van der Waals surface area contributed by atoms with Gasteiger partial charge in [0, 0.05) is 18.1 Å². The molecule has 0 unspecified atom stereocenters. The van der Waals surface area contributed by atoms with E-state index in [1.54, 1.807) is 13.2 Å². The summed E-state index contributed by atoms with van der Waals surface area (Å²) in [4.78, 5) is 0. The molecule has 0 amide bonds.